The molecule has 0 N–H and O–H groups in total. The first-order chi connectivity index (χ1) is 10.5. The zero-order valence-corrected chi connectivity index (χ0v) is 12.8. The average molecular weight is 338 g/mol. The van der Waals surface area contributed by atoms with Crippen LogP contribution in [0.1, 0.15) is 11.3 Å². The fourth-order valence-electron chi connectivity index (χ4n) is 1.90. The summed E-state index contributed by atoms with van der Waals surface area (Å²) in [5.74, 6) is 0.565. The van der Waals surface area contributed by atoms with E-state index in [1.54, 1.807) is 19.1 Å². The number of aryl methyl sites for hydroxylation is 1. The Hall–Kier alpha value is -2.25. The van der Waals surface area contributed by atoms with Crippen LogP contribution in [0.4, 0.5) is 0 Å². The van der Waals surface area contributed by atoms with Gasteiger partial charge < -0.3 is 4.52 Å². The lowest BCUT2D eigenvalue weighted by atomic mass is 10.1. The lowest BCUT2D eigenvalue weighted by Gasteiger charge is -2.04. The molecule has 9 heteroatoms. The van der Waals surface area contributed by atoms with Gasteiger partial charge in [-0.2, -0.15) is 5.10 Å². The van der Waals surface area contributed by atoms with Crippen LogP contribution in [-0.4, -0.2) is 25.1 Å². The van der Waals surface area contributed by atoms with E-state index in [-0.39, 0.29) is 22.3 Å². The van der Waals surface area contributed by atoms with Crippen molar-refractivity contribution in [2.75, 3.05) is 0 Å². The van der Waals surface area contributed by atoms with Crippen LogP contribution in [0, 0.1) is 6.92 Å². The Balaban J connectivity index is 2.02. The number of aromatic nitrogens is 5. The van der Waals surface area contributed by atoms with Crippen LogP contribution in [0.2, 0.25) is 10.2 Å². The van der Waals surface area contributed by atoms with Crippen LogP contribution in [0.5, 0.6) is 0 Å². The highest BCUT2D eigenvalue weighted by molar-refractivity contribution is 6.30. The van der Waals surface area contributed by atoms with Crippen LogP contribution < -0.4 is 5.56 Å². The van der Waals surface area contributed by atoms with E-state index in [0.717, 1.165) is 0 Å². The Labute approximate surface area is 134 Å². The van der Waals surface area contributed by atoms with Gasteiger partial charge in [0.05, 0.1) is 17.8 Å². The summed E-state index contributed by atoms with van der Waals surface area (Å²) < 4.78 is 6.46. The first-order valence-corrected chi connectivity index (χ1v) is 6.97. The van der Waals surface area contributed by atoms with E-state index in [2.05, 4.69) is 20.5 Å². The second kappa shape index (κ2) is 5.86. The zero-order chi connectivity index (χ0) is 15.7. The van der Waals surface area contributed by atoms with Crippen molar-refractivity contribution in [2.45, 2.75) is 13.5 Å². The molecule has 22 heavy (non-hydrogen) atoms. The summed E-state index contributed by atoms with van der Waals surface area (Å²) in [5, 5.41) is 16.3. The minimum absolute atomic E-state index is 0.185. The monoisotopic (exact) mass is 337 g/mol. The van der Waals surface area contributed by atoms with Gasteiger partial charge in [0.1, 0.15) is 17.1 Å². The van der Waals surface area contributed by atoms with E-state index in [9.17, 15) is 4.79 Å². The summed E-state index contributed by atoms with van der Waals surface area (Å²) in [4.78, 5) is 11.9. The molecule has 0 spiro atoms. The quantitative estimate of drug-likeness (QED) is 0.729. The first kappa shape index (κ1) is 14.7. The van der Waals surface area contributed by atoms with Gasteiger partial charge in [0, 0.05) is 11.6 Å². The van der Waals surface area contributed by atoms with Crippen molar-refractivity contribution in [3.05, 3.63) is 56.2 Å². The van der Waals surface area contributed by atoms with E-state index in [1.807, 2.05) is 0 Å². The van der Waals surface area contributed by atoms with Gasteiger partial charge in [-0.1, -0.05) is 28.4 Å². The maximum atomic E-state index is 11.9. The number of hydrogen-bond acceptors (Lipinski definition) is 6. The molecular formula is C13H9Cl2N5O2. The van der Waals surface area contributed by atoms with Crippen molar-refractivity contribution < 1.29 is 4.52 Å². The van der Waals surface area contributed by atoms with Gasteiger partial charge in [-0.25, -0.2) is 4.68 Å². The van der Waals surface area contributed by atoms with E-state index in [0.29, 0.717) is 22.7 Å². The Morgan fingerprint density at radius 2 is 2.09 bits per heavy atom. The number of nitrogens with zero attached hydrogens (tertiary/aromatic N) is 5. The van der Waals surface area contributed by atoms with Crippen molar-refractivity contribution in [2.24, 2.45) is 0 Å². The fraction of sp³-hybridized carbons (Fsp3) is 0.154. The Morgan fingerprint density at radius 3 is 2.77 bits per heavy atom. The standard InChI is InChI=1S/C13H9Cl2N5O2/c1-7-9(6-20-12(21)4-8(14)5-16-20)13(19-22-7)10-2-3-11(15)18-17-10/h2-5H,6H2,1H3. The van der Waals surface area contributed by atoms with Gasteiger partial charge >= 0.3 is 0 Å². The van der Waals surface area contributed by atoms with Crippen molar-refractivity contribution in [3.8, 4) is 11.4 Å². The molecule has 0 unspecified atom stereocenters. The molecule has 0 aliphatic rings. The van der Waals surface area contributed by atoms with Crippen LogP contribution in [0.25, 0.3) is 11.4 Å². The van der Waals surface area contributed by atoms with Gasteiger partial charge in [-0.3, -0.25) is 4.79 Å². The molecule has 0 radical (unpaired) electrons. The van der Waals surface area contributed by atoms with Crippen molar-refractivity contribution in [1.82, 2.24) is 25.1 Å². The normalized spacial score (nSPS) is 10.9. The summed E-state index contributed by atoms with van der Waals surface area (Å²) in [6.07, 6.45) is 1.40. The highest BCUT2D eigenvalue weighted by atomic mass is 35.5. The van der Waals surface area contributed by atoms with Crippen LogP contribution >= 0.6 is 23.2 Å². The second-order valence-electron chi connectivity index (χ2n) is 4.48. The van der Waals surface area contributed by atoms with Gasteiger partial charge in [-0.05, 0) is 19.1 Å². The molecule has 0 aliphatic carbocycles. The molecule has 0 atom stereocenters. The van der Waals surface area contributed by atoms with Crippen LogP contribution in [0.15, 0.2) is 33.7 Å². The van der Waals surface area contributed by atoms with Gasteiger partial charge in [-0.15, -0.1) is 10.2 Å². The van der Waals surface area contributed by atoms with Crippen LogP contribution in [-0.2, 0) is 6.54 Å². The van der Waals surface area contributed by atoms with E-state index in [1.165, 1.54) is 16.9 Å². The summed E-state index contributed by atoms with van der Waals surface area (Å²) >= 11 is 11.5. The third kappa shape index (κ3) is 2.86. The molecule has 0 fully saturated rings. The van der Waals surface area contributed by atoms with E-state index >= 15 is 0 Å². The lowest BCUT2D eigenvalue weighted by Crippen LogP contribution is -2.22. The number of halogens is 2. The minimum atomic E-state index is -0.318. The highest BCUT2D eigenvalue weighted by Crippen LogP contribution is 2.24. The minimum Gasteiger partial charge on any atom is -0.361 e. The zero-order valence-electron chi connectivity index (χ0n) is 11.3. The molecular weight excluding hydrogens is 329 g/mol. The Morgan fingerprint density at radius 1 is 1.27 bits per heavy atom. The molecule has 3 aromatic heterocycles. The van der Waals surface area contributed by atoms with Crippen LogP contribution in [0.3, 0.4) is 0 Å². The third-order valence-electron chi connectivity index (χ3n) is 3.00. The molecule has 112 valence electrons. The smallest absolute Gasteiger partial charge is 0.268 e. The molecule has 0 saturated carbocycles. The maximum absolute atomic E-state index is 11.9. The number of hydrogen-bond donors (Lipinski definition) is 0. The topological polar surface area (TPSA) is 86.7 Å². The molecule has 3 aromatic rings. The van der Waals surface area contributed by atoms with Gasteiger partial charge in [0.15, 0.2) is 5.15 Å². The predicted octanol–water partition coefficient (Wildman–Crippen LogP) is 2.35. The Kier molecular flexibility index (Phi) is 3.91. The molecule has 3 rings (SSSR count). The van der Waals surface area contributed by atoms with Crippen molar-refractivity contribution >= 4 is 23.2 Å². The second-order valence-corrected chi connectivity index (χ2v) is 5.30. The summed E-state index contributed by atoms with van der Waals surface area (Å²) in [6.45, 7) is 1.93. The van der Waals surface area contributed by atoms with Crippen molar-refractivity contribution in [3.63, 3.8) is 0 Å². The first-order valence-electron chi connectivity index (χ1n) is 6.22. The number of rotatable bonds is 3. The Bertz CT molecular complexity index is 873. The molecule has 0 aliphatic heterocycles. The molecule has 3 heterocycles. The largest absolute Gasteiger partial charge is 0.361 e. The van der Waals surface area contributed by atoms with Crippen molar-refractivity contribution in [1.29, 1.82) is 0 Å². The fourth-order valence-corrected chi connectivity index (χ4v) is 2.14. The SMILES string of the molecule is Cc1onc(-c2ccc(Cl)nn2)c1Cn1ncc(Cl)cc1=O. The molecule has 0 aromatic carbocycles. The molecule has 0 amide bonds. The maximum Gasteiger partial charge on any atom is 0.268 e. The molecule has 0 saturated heterocycles. The summed E-state index contributed by atoms with van der Waals surface area (Å²) in [6, 6.07) is 4.57. The average Bonchev–Trinajstić information content (AvgIpc) is 2.84. The highest BCUT2D eigenvalue weighted by Gasteiger charge is 2.17. The van der Waals surface area contributed by atoms with E-state index in [4.69, 9.17) is 27.7 Å². The summed E-state index contributed by atoms with van der Waals surface area (Å²) in [5.41, 5.74) is 1.36. The predicted molar refractivity (Wildman–Crippen MR) is 79.9 cm³/mol. The van der Waals surface area contributed by atoms with Gasteiger partial charge in [0.2, 0.25) is 0 Å². The van der Waals surface area contributed by atoms with E-state index < -0.39 is 0 Å². The van der Waals surface area contributed by atoms with Gasteiger partial charge in [0.25, 0.3) is 5.56 Å². The molecule has 0 bridgehead atoms. The third-order valence-corrected chi connectivity index (χ3v) is 3.41. The summed E-state index contributed by atoms with van der Waals surface area (Å²) in [7, 11) is 0. The molecule has 7 nitrogen and oxygen atoms in total. The lowest BCUT2D eigenvalue weighted by molar-refractivity contribution is 0.397.